The first-order chi connectivity index (χ1) is 6.57. The van der Waals surface area contributed by atoms with Gasteiger partial charge in [0.25, 0.3) is 0 Å². The van der Waals surface area contributed by atoms with Gasteiger partial charge in [0.2, 0.25) is 0 Å². The topological polar surface area (TPSA) is 29.5 Å². The van der Waals surface area contributed by atoms with Crippen molar-refractivity contribution in [3.05, 3.63) is 12.2 Å². The van der Waals surface area contributed by atoms with Gasteiger partial charge in [-0.2, -0.15) is 0 Å². The van der Waals surface area contributed by atoms with Gasteiger partial charge in [0, 0.05) is 12.1 Å². The number of hydrogen-bond acceptors (Lipinski definition) is 3. The van der Waals surface area contributed by atoms with E-state index < -0.39 is 0 Å². The number of rotatable bonds is 3. The van der Waals surface area contributed by atoms with Crippen LogP contribution in [0, 0.1) is 0 Å². The first-order valence-corrected chi connectivity index (χ1v) is 5.20. The van der Waals surface area contributed by atoms with Crippen molar-refractivity contribution in [1.29, 1.82) is 0 Å². The van der Waals surface area contributed by atoms with Crippen LogP contribution in [0.4, 0.5) is 0 Å². The Kier molecular flexibility index (Phi) is 3.69. The highest BCUT2D eigenvalue weighted by atomic mass is 16.5. The highest BCUT2D eigenvalue weighted by Crippen LogP contribution is 2.19. The van der Waals surface area contributed by atoms with Crippen molar-refractivity contribution >= 4 is 5.97 Å². The molecule has 1 aliphatic rings. The highest BCUT2D eigenvalue weighted by Gasteiger charge is 2.31. The predicted octanol–water partition coefficient (Wildman–Crippen LogP) is 1.59. The molecule has 3 heteroatoms. The van der Waals surface area contributed by atoms with E-state index in [4.69, 9.17) is 4.74 Å². The smallest absolute Gasteiger partial charge is 0.323 e. The Morgan fingerprint density at radius 1 is 1.43 bits per heavy atom. The lowest BCUT2D eigenvalue weighted by Crippen LogP contribution is -2.46. The first-order valence-electron chi connectivity index (χ1n) is 5.20. The summed E-state index contributed by atoms with van der Waals surface area (Å²) in [5.41, 5.74) is 0. The highest BCUT2D eigenvalue weighted by molar-refractivity contribution is 5.75. The van der Waals surface area contributed by atoms with Crippen LogP contribution in [0.25, 0.3) is 0 Å². The van der Waals surface area contributed by atoms with E-state index in [1.807, 2.05) is 13.8 Å². The molecule has 0 spiro atoms. The minimum absolute atomic E-state index is 0.130. The fourth-order valence-electron chi connectivity index (χ4n) is 1.98. The maximum atomic E-state index is 11.5. The van der Waals surface area contributed by atoms with Crippen LogP contribution in [-0.4, -0.2) is 35.6 Å². The zero-order valence-corrected chi connectivity index (χ0v) is 9.36. The van der Waals surface area contributed by atoms with Gasteiger partial charge in [-0.15, -0.1) is 0 Å². The number of esters is 1. The minimum Gasteiger partial charge on any atom is -0.465 e. The van der Waals surface area contributed by atoms with Crippen LogP contribution < -0.4 is 0 Å². The summed E-state index contributed by atoms with van der Waals surface area (Å²) in [4.78, 5) is 13.7. The quantitative estimate of drug-likeness (QED) is 0.508. The number of ether oxygens (including phenoxy) is 1. The molecule has 0 saturated carbocycles. The van der Waals surface area contributed by atoms with E-state index in [0.717, 1.165) is 0 Å². The van der Waals surface area contributed by atoms with E-state index in [9.17, 15) is 4.79 Å². The molecule has 3 atom stereocenters. The fraction of sp³-hybridized carbons (Fsp3) is 0.727. The third kappa shape index (κ3) is 2.15. The molecule has 14 heavy (non-hydrogen) atoms. The Labute approximate surface area is 85.7 Å². The van der Waals surface area contributed by atoms with Crippen molar-refractivity contribution in [2.45, 2.75) is 45.8 Å². The number of carbonyl (C=O) groups excluding carboxylic acids is 1. The van der Waals surface area contributed by atoms with Gasteiger partial charge in [-0.3, -0.25) is 9.69 Å². The molecule has 0 aromatic rings. The molecule has 80 valence electrons. The molecule has 1 heterocycles. The molecule has 0 N–H and O–H groups in total. The summed E-state index contributed by atoms with van der Waals surface area (Å²) in [5.74, 6) is -0.130. The minimum atomic E-state index is -0.157. The SMILES string of the molecule is CCOC(=O)C(C)N1[C@H](C)C=C[C@H]1C. The van der Waals surface area contributed by atoms with Crippen molar-refractivity contribution in [1.82, 2.24) is 4.90 Å². The van der Waals surface area contributed by atoms with Gasteiger partial charge in [-0.25, -0.2) is 0 Å². The van der Waals surface area contributed by atoms with Gasteiger partial charge in [-0.05, 0) is 27.7 Å². The van der Waals surface area contributed by atoms with Crippen LogP contribution in [0.5, 0.6) is 0 Å². The third-order valence-electron chi connectivity index (χ3n) is 2.68. The van der Waals surface area contributed by atoms with Crippen molar-refractivity contribution in [3.63, 3.8) is 0 Å². The monoisotopic (exact) mass is 197 g/mol. The molecule has 1 rings (SSSR count). The van der Waals surface area contributed by atoms with Crippen molar-refractivity contribution in [2.24, 2.45) is 0 Å². The summed E-state index contributed by atoms with van der Waals surface area (Å²) >= 11 is 0. The lowest BCUT2D eigenvalue weighted by atomic mass is 10.2. The second-order valence-corrected chi connectivity index (χ2v) is 3.74. The van der Waals surface area contributed by atoms with Crippen LogP contribution in [-0.2, 0) is 9.53 Å². The summed E-state index contributed by atoms with van der Waals surface area (Å²) in [6.45, 7) is 8.37. The van der Waals surface area contributed by atoms with E-state index >= 15 is 0 Å². The standard InChI is InChI=1S/C11H19NO2/c1-5-14-11(13)10(4)12-8(2)6-7-9(12)3/h6-10H,5H2,1-4H3/t8-,9-,10?/m1/s1. The normalized spacial score (nSPS) is 29.1. The maximum absolute atomic E-state index is 11.5. The molecule has 0 aromatic heterocycles. The van der Waals surface area contributed by atoms with Crippen LogP contribution in [0.15, 0.2) is 12.2 Å². The van der Waals surface area contributed by atoms with Gasteiger partial charge >= 0.3 is 5.97 Å². The Hall–Kier alpha value is -0.830. The van der Waals surface area contributed by atoms with E-state index in [0.29, 0.717) is 18.7 Å². The van der Waals surface area contributed by atoms with Crippen molar-refractivity contribution in [2.75, 3.05) is 6.61 Å². The summed E-state index contributed by atoms with van der Waals surface area (Å²) in [6, 6.07) is 0.490. The Balaban J connectivity index is 2.60. The molecule has 0 saturated heterocycles. The number of hydrogen-bond donors (Lipinski definition) is 0. The van der Waals surface area contributed by atoms with E-state index in [1.54, 1.807) is 0 Å². The van der Waals surface area contributed by atoms with Gasteiger partial charge < -0.3 is 4.74 Å². The molecular formula is C11H19NO2. The van der Waals surface area contributed by atoms with Crippen molar-refractivity contribution < 1.29 is 9.53 Å². The van der Waals surface area contributed by atoms with Crippen LogP contribution in [0.3, 0.4) is 0 Å². The molecule has 0 fully saturated rings. The maximum Gasteiger partial charge on any atom is 0.323 e. The second-order valence-electron chi connectivity index (χ2n) is 3.74. The molecule has 3 nitrogen and oxygen atoms in total. The summed E-state index contributed by atoms with van der Waals surface area (Å²) < 4.78 is 5.00. The van der Waals surface area contributed by atoms with Crippen LogP contribution in [0.1, 0.15) is 27.7 Å². The van der Waals surface area contributed by atoms with Crippen LogP contribution in [0.2, 0.25) is 0 Å². The zero-order valence-electron chi connectivity index (χ0n) is 9.36. The number of carbonyl (C=O) groups is 1. The molecule has 1 unspecified atom stereocenters. The Morgan fingerprint density at radius 2 is 1.93 bits per heavy atom. The largest absolute Gasteiger partial charge is 0.465 e. The summed E-state index contributed by atoms with van der Waals surface area (Å²) in [6.07, 6.45) is 4.25. The molecule has 1 aliphatic heterocycles. The van der Waals surface area contributed by atoms with E-state index in [1.165, 1.54) is 0 Å². The van der Waals surface area contributed by atoms with Gasteiger partial charge in [0.05, 0.1) is 6.61 Å². The lowest BCUT2D eigenvalue weighted by Gasteiger charge is -2.30. The zero-order chi connectivity index (χ0) is 10.7. The average Bonchev–Trinajstić information content (AvgIpc) is 2.46. The van der Waals surface area contributed by atoms with Crippen molar-refractivity contribution in [3.8, 4) is 0 Å². The fourth-order valence-corrected chi connectivity index (χ4v) is 1.98. The Morgan fingerprint density at radius 3 is 2.36 bits per heavy atom. The van der Waals surface area contributed by atoms with Gasteiger partial charge in [0.1, 0.15) is 6.04 Å². The molecule has 0 aliphatic carbocycles. The Bertz CT molecular complexity index is 225. The number of nitrogens with zero attached hydrogens (tertiary/aromatic N) is 1. The predicted molar refractivity (Wildman–Crippen MR) is 56.0 cm³/mol. The third-order valence-corrected chi connectivity index (χ3v) is 2.68. The average molecular weight is 197 g/mol. The molecule has 0 amide bonds. The molecule has 0 bridgehead atoms. The second kappa shape index (κ2) is 4.60. The lowest BCUT2D eigenvalue weighted by molar-refractivity contribution is -0.149. The summed E-state index contributed by atoms with van der Waals surface area (Å²) in [5, 5.41) is 0. The van der Waals surface area contributed by atoms with Gasteiger partial charge in [-0.1, -0.05) is 12.2 Å². The summed E-state index contributed by atoms with van der Waals surface area (Å²) in [7, 11) is 0. The molecule has 0 radical (unpaired) electrons. The molecular weight excluding hydrogens is 178 g/mol. The first kappa shape index (κ1) is 11.2. The van der Waals surface area contributed by atoms with E-state index in [2.05, 4.69) is 30.9 Å². The van der Waals surface area contributed by atoms with Crippen LogP contribution >= 0.6 is 0 Å². The van der Waals surface area contributed by atoms with E-state index in [-0.39, 0.29) is 12.0 Å². The van der Waals surface area contributed by atoms with Gasteiger partial charge in [0.15, 0.2) is 0 Å². The molecule has 0 aromatic carbocycles.